The molecule has 2 atom stereocenters. The van der Waals surface area contributed by atoms with Crippen LogP contribution in [0.15, 0.2) is 21.5 Å². The SMILES string of the molecule is CCNC(=NCc1ccc(C(N)=O)o1)N1CC2CCCCC2C1. The molecule has 1 aromatic heterocycles. The lowest BCUT2D eigenvalue weighted by molar-refractivity contribution is 0.0972. The molecule has 3 N–H and O–H groups in total. The van der Waals surface area contributed by atoms with Gasteiger partial charge in [-0.1, -0.05) is 12.8 Å². The number of nitrogens with zero attached hydrogens (tertiary/aromatic N) is 2. The minimum Gasteiger partial charge on any atom is -0.454 e. The molecule has 0 radical (unpaired) electrons. The summed E-state index contributed by atoms with van der Waals surface area (Å²) in [4.78, 5) is 18.1. The third-order valence-corrected chi connectivity index (χ3v) is 4.90. The highest BCUT2D eigenvalue weighted by Crippen LogP contribution is 2.35. The van der Waals surface area contributed by atoms with E-state index in [-0.39, 0.29) is 5.76 Å². The first-order chi connectivity index (χ1) is 11.2. The minimum absolute atomic E-state index is 0.187. The number of primary amides is 1. The second kappa shape index (κ2) is 7.06. The van der Waals surface area contributed by atoms with E-state index in [0.717, 1.165) is 37.4 Å². The second-order valence-electron chi connectivity index (χ2n) is 6.51. The number of likely N-dealkylation sites (tertiary alicyclic amines) is 1. The van der Waals surface area contributed by atoms with Gasteiger partial charge in [-0.25, -0.2) is 4.99 Å². The monoisotopic (exact) mass is 318 g/mol. The van der Waals surface area contributed by atoms with Crippen molar-refractivity contribution in [3.8, 4) is 0 Å². The van der Waals surface area contributed by atoms with Gasteiger partial charge in [-0.2, -0.15) is 0 Å². The van der Waals surface area contributed by atoms with Crippen LogP contribution >= 0.6 is 0 Å². The number of nitrogens with two attached hydrogens (primary N) is 1. The minimum atomic E-state index is -0.546. The van der Waals surface area contributed by atoms with E-state index in [4.69, 9.17) is 10.2 Å². The van der Waals surface area contributed by atoms with Crippen LogP contribution in [-0.2, 0) is 6.54 Å². The number of fused-ring (bicyclic) bond motifs is 1. The van der Waals surface area contributed by atoms with Gasteiger partial charge < -0.3 is 20.4 Å². The lowest BCUT2D eigenvalue weighted by Crippen LogP contribution is -2.40. The van der Waals surface area contributed by atoms with Crippen molar-refractivity contribution in [3.05, 3.63) is 23.7 Å². The van der Waals surface area contributed by atoms with Gasteiger partial charge in [0.2, 0.25) is 0 Å². The lowest BCUT2D eigenvalue weighted by Gasteiger charge is -2.22. The highest BCUT2D eigenvalue weighted by molar-refractivity contribution is 5.89. The van der Waals surface area contributed by atoms with Crippen LogP contribution in [0.25, 0.3) is 0 Å². The van der Waals surface area contributed by atoms with Crippen LogP contribution in [0.1, 0.15) is 48.9 Å². The summed E-state index contributed by atoms with van der Waals surface area (Å²) in [5, 5.41) is 3.38. The molecule has 1 aliphatic heterocycles. The van der Waals surface area contributed by atoms with Crippen molar-refractivity contribution >= 4 is 11.9 Å². The smallest absolute Gasteiger partial charge is 0.284 e. The van der Waals surface area contributed by atoms with Gasteiger partial charge in [0.05, 0.1) is 0 Å². The van der Waals surface area contributed by atoms with Crippen LogP contribution in [0, 0.1) is 11.8 Å². The average molecular weight is 318 g/mol. The van der Waals surface area contributed by atoms with E-state index in [1.165, 1.54) is 25.7 Å². The summed E-state index contributed by atoms with van der Waals surface area (Å²) in [7, 11) is 0. The van der Waals surface area contributed by atoms with Crippen LogP contribution in [0.3, 0.4) is 0 Å². The number of carbonyl (C=O) groups is 1. The van der Waals surface area contributed by atoms with Crippen LogP contribution in [0.5, 0.6) is 0 Å². The number of guanidine groups is 1. The first kappa shape index (κ1) is 15.9. The van der Waals surface area contributed by atoms with Crippen molar-refractivity contribution in [2.24, 2.45) is 22.6 Å². The highest BCUT2D eigenvalue weighted by atomic mass is 16.3. The molecule has 3 rings (SSSR count). The maximum atomic E-state index is 11.1. The van der Waals surface area contributed by atoms with Gasteiger partial charge in [0.1, 0.15) is 12.3 Å². The molecule has 1 saturated carbocycles. The Morgan fingerprint density at radius 3 is 2.61 bits per heavy atom. The number of aliphatic imine (C=N–C) groups is 1. The Hall–Kier alpha value is -1.98. The van der Waals surface area contributed by atoms with Crippen LogP contribution in [-0.4, -0.2) is 36.4 Å². The van der Waals surface area contributed by atoms with E-state index in [0.29, 0.717) is 12.3 Å². The zero-order valence-electron chi connectivity index (χ0n) is 13.8. The third-order valence-electron chi connectivity index (χ3n) is 4.90. The van der Waals surface area contributed by atoms with Crippen molar-refractivity contribution in [2.75, 3.05) is 19.6 Å². The standard InChI is InChI=1S/C17H26N4O2/c1-2-19-17(20-9-14-7-8-15(23-14)16(18)22)21-10-12-5-3-4-6-13(12)11-21/h7-8,12-13H,2-6,9-11H2,1H3,(H2,18,22)(H,19,20). The van der Waals surface area contributed by atoms with Crippen molar-refractivity contribution in [2.45, 2.75) is 39.2 Å². The van der Waals surface area contributed by atoms with Crippen molar-refractivity contribution < 1.29 is 9.21 Å². The molecular formula is C17H26N4O2. The molecular weight excluding hydrogens is 292 g/mol. The molecule has 1 amide bonds. The number of hydrogen-bond donors (Lipinski definition) is 2. The first-order valence-electron chi connectivity index (χ1n) is 8.59. The Morgan fingerprint density at radius 2 is 2.04 bits per heavy atom. The zero-order valence-corrected chi connectivity index (χ0v) is 13.8. The molecule has 2 heterocycles. The van der Waals surface area contributed by atoms with Crippen molar-refractivity contribution in [3.63, 3.8) is 0 Å². The Bertz CT molecular complexity index is 567. The Balaban J connectivity index is 1.66. The quantitative estimate of drug-likeness (QED) is 0.656. The van der Waals surface area contributed by atoms with E-state index >= 15 is 0 Å². The molecule has 23 heavy (non-hydrogen) atoms. The van der Waals surface area contributed by atoms with E-state index < -0.39 is 5.91 Å². The number of amides is 1. The molecule has 1 saturated heterocycles. The molecule has 6 nitrogen and oxygen atoms in total. The number of carbonyl (C=O) groups excluding carboxylic acids is 1. The van der Waals surface area contributed by atoms with E-state index in [9.17, 15) is 4.79 Å². The van der Waals surface area contributed by atoms with Gasteiger partial charge in [-0.15, -0.1) is 0 Å². The number of furan rings is 1. The summed E-state index contributed by atoms with van der Waals surface area (Å²) in [6.07, 6.45) is 5.43. The summed E-state index contributed by atoms with van der Waals surface area (Å²) in [6.45, 7) is 5.54. The summed E-state index contributed by atoms with van der Waals surface area (Å²) in [5.74, 6) is 2.88. The summed E-state index contributed by atoms with van der Waals surface area (Å²) < 4.78 is 5.40. The van der Waals surface area contributed by atoms with Gasteiger partial charge in [0.25, 0.3) is 5.91 Å². The maximum Gasteiger partial charge on any atom is 0.284 e. The van der Waals surface area contributed by atoms with Gasteiger partial charge in [-0.05, 0) is 43.7 Å². The predicted octanol–water partition coefficient (Wildman–Crippen LogP) is 1.97. The molecule has 2 unspecified atom stereocenters. The van der Waals surface area contributed by atoms with E-state index in [1.54, 1.807) is 12.1 Å². The number of hydrogen-bond acceptors (Lipinski definition) is 3. The highest BCUT2D eigenvalue weighted by Gasteiger charge is 2.35. The second-order valence-corrected chi connectivity index (χ2v) is 6.51. The van der Waals surface area contributed by atoms with Gasteiger partial charge >= 0.3 is 0 Å². The molecule has 1 aromatic rings. The molecule has 126 valence electrons. The summed E-state index contributed by atoms with van der Waals surface area (Å²) >= 11 is 0. The van der Waals surface area contributed by atoms with Gasteiger partial charge in [0.15, 0.2) is 11.7 Å². The van der Waals surface area contributed by atoms with Crippen LogP contribution < -0.4 is 11.1 Å². The lowest BCUT2D eigenvalue weighted by atomic mass is 9.82. The van der Waals surface area contributed by atoms with E-state index in [1.807, 2.05) is 0 Å². The molecule has 2 aliphatic rings. The predicted molar refractivity (Wildman–Crippen MR) is 89.1 cm³/mol. The third kappa shape index (κ3) is 3.68. The van der Waals surface area contributed by atoms with Gasteiger partial charge in [-0.3, -0.25) is 4.79 Å². The van der Waals surface area contributed by atoms with Crippen LogP contribution in [0.2, 0.25) is 0 Å². The average Bonchev–Trinajstić information content (AvgIpc) is 3.17. The normalized spacial score (nSPS) is 24.6. The van der Waals surface area contributed by atoms with Crippen molar-refractivity contribution in [1.82, 2.24) is 10.2 Å². The Morgan fingerprint density at radius 1 is 1.35 bits per heavy atom. The largest absolute Gasteiger partial charge is 0.454 e. The fourth-order valence-corrected chi connectivity index (χ4v) is 3.75. The molecule has 2 fully saturated rings. The van der Waals surface area contributed by atoms with Gasteiger partial charge in [0, 0.05) is 19.6 Å². The summed E-state index contributed by atoms with van der Waals surface area (Å²) in [6, 6.07) is 3.36. The fourth-order valence-electron chi connectivity index (χ4n) is 3.75. The Labute approximate surface area is 137 Å². The Kier molecular flexibility index (Phi) is 4.88. The molecule has 0 aromatic carbocycles. The molecule has 0 bridgehead atoms. The molecule has 1 aliphatic carbocycles. The maximum absolute atomic E-state index is 11.1. The van der Waals surface area contributed by atoms with Crippen LogP contribution in [0.4, 0.5) is 0 Å². The first-order valence-corrected chi connectivity index (χ1v) is 8.59. The summed E-state index contributed by atoms with van der Waals surface area (Å²) in [5.41, 5.74) is 5.21. The van der Waals surface area contributed by atoms with Crippen molar-refractivity contribution in [1.29, 1.82) is 0 Å². The molecule has 6 heteroatoms. The topological polar surface area (TPSA) is 83.9 Å². The van der Waals surface area contributed by atoms with E-state index in [2.05, 4.69) is 22.1 Å². The number of nitrogens with one attached hydrogen (secondary N) is 1. The number of rotatable bonds is 4. The molecule has 0 spiro atoms. The zero-order chi connectivity index (χ0) is 16.2. The fraction of sp³-hybridized carbons (Fsp3) is 0.647.